The van der Waals surface area contributed by atoms with Crippen LogP contribution >= 0.6 is 11.8 Å². The van der Waals surface area contributed by atoms with E-state index in [-0.39, 0.29) is 11.8 Å². The van der Waals surface area contributed by atoms with Crippen LogP contribution in [0.5, 0.6) is 0 Å². The van der Waals surface area contributed by atoms with Gasteiger partial charge in [0.25, 0.3) is 0 Å². The minimum Gasteiger partial charge on any atom is -0.481 e. The highest BCUT2D eigenvalue weighted by atomic mass is 32.2. The van der Waals surface area contributed by atoms with Crippen molar-refractivity contribution < 1.29 is 27.5 Å². The first-order valence-corrected chi connectivity index (χ1v) is 5.02. The fourth-order valence-electron chi connectivity index (χ4n) is 0.982. The summed E-state index contributed by atoms with van der Waals surface area (Å²) in [5.41, 5.74) is -0.769. The van der Waals surface area contributed by atoms with Crippen LogP contribution in [-0.4, -0.2) is 16.8 Å². The molecule has 2 nitrogen and oxygen atoms in total. The van der Waals surface area contributed by atoms with Gasteiger partial charge in [-0.3, -0.25) is 4.79 Å². The molecule has 0 bridgehead atoms. The van der Waals surface area contributed by atoms with Gasteiger partial charge < -0.3 is 5.11 Å². The van der Waals surface area contributed by atoms with Crippen LogP contribution in [-0.2, 0) is 4.79 Å². The predicted molar refractivity (Wildman–Crippen MR) is 49.4 cm³/mol. The molecular weight excluding hydrogens is 248 g/mol. The summed E-state index contributed by atoms with van der Waals surface area (Å²) < 4.78 is 52.3. The molecule has 1 aromatic rings. The summed E-state index contributed by atoms with van der Waals surface area (Å²) in [7, 11) is 0. The van der Waals surface area contributed by atoms with Crippen molar-refractivity contribution in [2.45, 2.75) is 11.8 Å². The Bertz CT molecular complexity index is 419. The predicted octanol–water partition coefficient (Wildman–Crippen LogP) is 2.73. The Morgan fingerprint density at radius 3 is 1.94 bits per heavy atom. The van der Waals surface area contributed by atoms with E-state index in [9.17, 15) is 22.4 Å². The number of carboxylic acids is 1. The molecule has 0 fully saturated rings. The minimum absolute atomic E-state index is 0.189. The molecule has 16 heavy (non-hydrogen) atoms. The topological polar surface area (TPSA) is 37.3 Å². The molecule has 0 aliphatic carbocycles. The lowest BCUT2D eigenvalue weighted by Gasteiger charge is -2.07. The lowest BCUT2D eigenvalue weighted by Crippen LogP contribution is -2.05. The fraction of sp³-hybridized carbons (Fsp3) is 0.222. The Labute approximate surface area is 92.3 Å². The molecule has 0 aromatic heterocycles. The molecule has 1 aromatic carbocycles. The molecule has 0 unspecified atom stereocenters. The minimum atomic E-state index is -1.57. The molecule has 1 N–H and O–H groups in total. The standard InChI is InChI=1S/C9H6F4O2S/c1-3-5(10)7(12)9(8(13)6(3)11)16-2-4(14)15/h2H2,1H3,(H,14,15). The number of rotatable bonds is 3. The van der Waals surface area contributed by atoms with Gasteiger partial charge in [-0.05, 0) is 6.92 Å². The molecule has 0 saturated carbocycles. The quantitative estimate of drug-likeness (QED) is 0.512. The molecule has 0 aliphatic rings. The second-order valence-corrected chi connectivity index (χ2v) is 3.88. The first kappa shape index (κ1) is 12.8. The summed E-state index contributed by atoms with van der Waals surface area (Å²) in [4.78, 5) is 9.22. The van der Waals surface area contributed by atoms with E-state index in [1.165, 1.54) is 0 Å². The van der Waals surface area contributed by atoms with Crippen molar-refractivity contribution in [1.82, 2.24) is 0 Å². The van der Waals surface area contributed by atoms with Gasteiger partial charge in [0, 0.05) is 5.56 Å². The van der Waals surface area contributed by atoms with Crippen molar-refractivity contribution in [3.8, 4) is 0 Å². The summed E-state index contributed by atoms with van der Waals surface area (Å²) in [6, 6.07) is 0. The third-order valence-electron chi connectivity index (χ3n) is 1.78. The van der Waals surface area contributed by atoms with E-state index in [0.29, 0.717) is 0 Å². The number of aliphatic carboxylic acids is 1. The number of hydrogen-bond donors (Lipinski definition) is 1. The SMILES string of the molecule is Cc1c(F)c(F)c(SCC(=O)O)c(F)c1F. The highest BCUT2D eigenvalue weighted by molar-refractivity contribution is 8.00. The molecule has 0 amide bonds. The van der Waals surface area contributed by atoms with Gasteiger partial charge in [-0.2, -0.15) is 0 Å². The normalized spacial score (nSPS) is 10.6. The third kappa shape index (κ3) is 2.29. The Hall–Kier alpha value is -1.24. The molecule has 0 saturated heterocycles. The van der Waals surface area contributed by atoms with Crippen molar-refractivity contribution in [3.05, 3.63) is 28.8 Å². The van der Waals surface area contributed by atoms with E-state index in [1.807, 2.05) is 0 Å². The second-order valence-electron chi connectivity index (χ2n) is 2.89. The zero-order valence-corrected chi connectivity index (χ0v) is 8.80. The maximum atomic E-state index is 13.2. The summed E-state index contributed by atoms with van der Waals surface area (Å²) in [5, 5.41) is 8.30. The van der Waals surface area contributed by atoms with E-state index in [0.717, 1.165) is 6.92 Å². The molecule has 0 aliphatic heterocycles. The first-order chi connectivity index (χ1) is 7.36. The molecule has 0 spiro atoms. The molecule has 0 radical (unpaired) electrons. The number of thioether (sulfide) groups is 1. The van der Waals surface area contributed by atoms with Gasteiger partial charge in [-0.1, -0.05) is 0 Å². The van der Waals surface area contributed by atoms with E-state index < -0.39 is 45.4 Å². The maximum Gasteiger partial charge on any atom is 0.313 e. The Morgan fingerprint density at radius 2 is 1.56 bits per heavy atom. The number of carboxylic acid groups (broad SMARTS) is 1. The summed E-state index contributed by atoms with van der Waals surface area (Å²) >= 11 is 0.189. The van der Waals surface area contributed by atoms with Crippen LogP contribution in [0.15, 0.2) is 4.90 Å². The van der Waals surface area contributed by atoms with Crippen LogP contribution in [0, 0.1) is 30.2 Å². The zero-order valence-electron chi connectivity index (χ0n) is 7.98. The number of hydrogen-bond acceptors (Lipinski definition) is 2. The van der Waals surface area contributed by atoms with Crippen LogP contribution in [0.25, 0.3) is 0 Å². The zero-order chi connectivity index (χ0) is 12.5. The van der Waals surface area contributed by atoms with Crippen molar-refractivity contribution in [1.29, 1.82) is 0 Å². The largest absolute Gasteiger partial charge is 0.481 e. The molecule has 88 valence electrons. The van der Waals surface area contributed by atoms with Gasteiger partial charge in [-0.25, -0.2) is 17.6 Å². The first-order valence-electron chi connectivity index (χ1n) is 4.03. The van der Waals surface area contributed by atoms with Gasteiger partial charge in [-0.15, -0.1) is 11.8 Å². The Morgan fingerprint density at radius 1 is 1.12 bits per heavy atom. The van der Waals surface area contributed by atoms with Gasteiger partial charge in [0.15, 0.2) is 23.3 Å². The van der Waals surface area contributed by atoms with Crippen molar-refractivity contribution in [3.63, 3.8) is 0 Å². The van der Waals surface area contributed by atoms with E-state index >= 15 is 0 Å². The monoisotopic (exact) mass is 254 g/mol. The smallest absolute Gasteiger partial charge is 0.313 e. The lowest BCUT2D eigenvalue weighted by molar-refractivity contribution is -0.133. The van der Waals surface area contributed by atoms with Gasteiger partial charge in [0.05, 0.1) is 10.6 Å². The molecular formula is C9H6F4O2S. The van der Waals surface area contributed by atoms with Gasteiger partial charge >= 0.3 is 5.97 Å². The van der Waals surface area contributed by atoms with Crippen molar-refractivity contribution >= 4 is 17.7 Å². The van der Waals surface area contributed by atoms with E-state index in [4.69, 9.17) is 5.11 Å². The summed E-state index contributed by atoms with van der Waals surface area (Å²) in [5.74, 6) is -8.18. The third-order valence-corrected chi connectivity index (χ3v) is 2.82. The molecule has 7 heteroatoms. The average molecular weight is 254 g/mol. The number of halogens is 4. The summed E-state index contributed by atoms with van der Waals surface area (Å²) in [6.07, 6.45) is 0. The molecule has 0 atom stereocenters. The Balaban J connectivity index is 3.23. The Kier molecular flexibility index (Phi) is 3.79. The van der Waals surface area contributed by atoms with Crippen LogP contribution < -0.4 is 0 Å². The maximum absolute atomic E-state index is 13.2. The van der Waals surface area contributed by atoms with Crippen LogP contribution in [0.4, 0.5) is 17.6 Å². The average Bonchev–Trinajstić information content (AvgIpc) is 2.23. The van der Waals surface area contributed by atoms with Crippen LogP contribution in [0.3, 0.4) is 0 Å². The van der Waals surface area contributed by atoms with Crippen molar-refractivity contribution in [2.24, 2.45) is 0 Å². The highest BCUT2D eigenvalue weighted by Crippen LogP contribution is 2.30. The van der Waals surface area contributed by atoms with Crippen LogP contribution in [0.2, 0.25) is 0 Å². The number of carbonyl (C=O) groups is 1. The van der Waals surface area contributed by atoms with Gasteiger partial charge in [0.2, 0.25) is 0 Å². The lowest BCUT2D eigenvalue weighted by atomic mass is 10.2. The van der Waals surface area contributed by atoms with E-state index in [2.05, 4.69) is 0 Å². The molecule has 0 heterocycles. The summed E-state index contributed by atoms with van der Waals surface area (Å²) in [6.45, 7) is 0.891. The fourth-order valence-corrected chi connectivity index (χ4v) is 1.68. The number of benzene rings is 1. The highest BCUT2D eigenvalue weighted by Gasteiger charge is 2.23. The molecule has 1 rings (SSSR count). The second kappa shape index (κ2) is 4.73. The van der Waals surface area contributed by atoms with Gasteiger partial charge in [0.1, 0.15) is 0 Å². The van der Waals surface area contributed by atoms with Crippen molar-refractivity contribution in [2.75, 3.05) is 5.75 Å². The van der Waals surface area contributed by atoms with E-state index in [1.54, 1.807) is 0 Å². The van der Waals surface area contributed by atoms with Crippen LogP contribution in [0.1, 0.15) is 5.56 Å².